The van der Waals surface area contributed by atoms with Crippen LogP contribution in [0, 0.1) is 0 Å². The minimum Gasteiger partial charge on any atom is -0.493 e. The fourth-order valence-electron chi connectivity index (χ4n) is 2.74. The molecule has 0 saturated carbocycles. The Labute approximate surface area is 158 Å². The molecule has 0 fully saturated rings. The Morgan fingerprint density at radius 2 is 1.78 bits per heavy atom. The molecule has 0 aliphatic rings. The van der Waals surface area contributed by atoms with Gasteiger partial charge in [0.1, 0.15) is 11.5 Å². The minimum absolute atomic E-state index is 0.272. The van der Waals surface area contributed by atoms with Crippen LogP contribution in [0.25, 0.3) is 21.1 Å². The standard InChI is InChI=1S/C19H15N3O4S/c1-24-15-8-11-13(9-16(15)25-2)21-6-5-14(11)26-10-3-4-12-17(7-10)27-19(22-12)18(20)23/h3-9H,1-2H3,(H2,20,23). The number of thiazole rings is 1. The van der Waals surface area contributed by atoms with E-state index in [2.05, 4.69) is 9.97 Å². The van der Waals surface area contributed by atoms with Crippen LogP contribution in [-0.4, -0.2) is 30.1 Å². The summed E-state index contributed by atoms with van der Waals surface area (Å²) in [6, 6.07) is 10.8. The summed E-state index contributed by atoms with van der Waals surface area (Å²) in [5.41, 5.74) is 6.72. The van der Waals surface area contributed by atoms with Crippen molar-refractivity contribution in [3.8, 4) is 23.0 Å². The van der Waals surface area contributed by atoms with Crippen LogP contribution in [0.2, 0.25) is 0 Å². The molecule has 0 radical (unpaired) electrons. The summed E-state index contributed by atoms with van der Waals surface area (Å²) in [5, 5.41) is 1.06. The lowest BCUT2D eigenvalue weighted by atomic mass is 10.2. The Morgan fingerprint density at radius 3 is 2.52 bits per heavy atom. The van der Waals surface area contributed by atoms with Gasteiger partial charge in [0.05, 0.1) is 30.0 Å². The maximum atomic E-state index is 11.3. The number of carbonyl (C=O) groups excluding carboxylic acids is 1. The number of nitrogens with zero attached hydrogens (tertiary/aromatic N) is 2. The van der Waals surface area contributed by atoms with Gasteiger partial charge in [-0.2, -0.15) is 0 Å². The molecule has 0 aliphatic carbocycles. The van der Waals surface area contributed by atoms with Gasteiger partial charge in [-0.15, -0.1) is 11.3 Å². The van der Waals surface area contributed by atoms with E-state index < -0.39 is 5.91 Å². The molecule has 0 atom stereocenters. The van der Waals surface area contributed by atoms with Gasteiger partial charge in [0.15, 0.2) is 16.5 Å². The molecule has 4 aromatic rings. The zero-order chi connectivity index (χ0) is 19.0. The van der Waals surface area contributed by atoms with E-state index in [1.807, 2.05) is 12.1 Å². The van der Waals surface area contributed by atoms with Crippen LogP contribution < -0.4 is 19.9 Å². The lowest BCUT2D eigenvalue weighted by Gasteiger charge is -2.12. The number of methoxy groups -OCH3 is 2. The molecule has 8 heteroatoms. The van der Waals surface area contributed by atoms with Crippen LogP contribution >= 0.6 is 11.3 Å². The largest absolute Gasteiger partial charge is 0.493 e. The number of primary amides is 1. The number of aromatic nitrogens is 2. The first-order valence-electron chi connectivity index (χ1n) is 7.98. The molecule has 2 aromatic heterocycles. The Morgan fingerprint density at radius 1 is 1.00 bits per heavy atom. The second-order valence-corrected chi connectivity index (χ2v) is 6.68. The van der Waals surface area contributed by atoms with Gasteiger partial charge in [0.2, 0.25) is 0 Å². The fourth-order valence-corrected chi connectivity index (χ4v) is 3.58. The number of amides is 1. The van der Waals surface area contributed by atoms with Gasteiger partial charge in [-0.25, -0.2) is 4.98 Å². The molecule has 27 heavy (non-hydrogen) atoms. The fraction of sp³-hybridized carbons (Fsp3) is 0.105. The highest BCUT2D eigenvalue weighted by molar-refractivity contribution is 7.20. The summed E-state index contributed by atoms with van der Waals surface area (Å²) in [4.78, 5) is 19.9. The molecule has 1 amide bonds. The number of hydrogen-bond donors (Lipinski definition) is 1. The van der Waals surface area contributed by atoms with Gasteiger partial charge in [-0.3, -0.25) is 9.78 Å². The zero-order valence-electron chi connectivity index (χ0n) is 14.6. The monoisotopic (exact) mass is 381 g/mol. The smallest absolute Gasteiger partial charge is 0.277 e. The molecule has 7 nitrogen and oxygen atoms in total. The first kappa shape index (κ1) is 17.0. The van der Waals surface area contributed by atoms with Gasteiger partial charge in [-0.1, -0.05) is 0 Å². The van der Waals surface area contributed by atoms with Gasteiger partial charge < -0.3 is 19.9 Å². The SMILES string of the molecule is COc1cc2nccc(Oc3ccc4nc(C(N)=O)sc4c3)c2cc1OC. The number of carbonyl (C=O) groups is 1. The van der Waals surface area contributed by atoms with Crippen LogP contribution in [0.5, 0.6) is 23.0 Å². The first-order chi connectivity index (χ1) is 13.1. The predicted molar refractivity (Wildman–Crippen MR) is 103 cm³/mol. The van der Waals surface area contributed by atoms with Gasteiger partial charge in [-0.05, 0) is 24.3 Å². The van der Waals surface area contributed by atoms with E-state index in [9.17, 15) is 4.79 Å². The number of pyridine rings is 1. The molecule has 2 N–H and O–H groups in total. The predicted octanol–water partition coefficient (Wildman–Crippen LogP) is 3.75. The molecular formula is C19H15N3O4S. The van der Waals surface area contributed by atoms with E-state index in [0.29, 0.717) is 28.5 Å². The van der Waals surface area contributed by atoms with Crippen molar-refractivity contribution in [1.82, 2.24) is 9.97 Å². The molecule has 2 aromatic carbocycles. The topological polar surface area (TPSA) is 96.6 Å². The van der Waals surface area contributed by atoms with E-state index in [4.69, 9.17) is 19.9 Å². The summed E-state index contributed by atoms with van der Waals surface area (Å²) in [5.74, 6) is 1.89. The molecule has 4 rings (SSSR count). The van der Waals surface area contributed by atoms with E-state index in [1.165, 1.54) is 11.3 Å². The maximum Gasteiger partial charge on any atom is 0.277 e. The number of fused-ring (bicyclic) bond motifs is 2. The van der Waals surface area contributed by atoms with Crippen LogP contribution in [0.15, 0.2) is 42.6 Å². The van der Waals surface area contributed by atoms with Crippen LogP contribution in [-0.2, 0) is 0 Å². The van der Waals surface area contributed by atoms with Crippen LogP contribution in [0.3, 0.4) is 0 Å². The summed E-state index contributed by atoms with van der Waals surface area (Å²) in [6.45, 7) is 0. The quantitative estimate of drug-likeness (QED) is 0.565. The van der Waals surface area contributed by atoms with E-state index >= 15 is 0 Å². The van der Waals surface area contributed by atoms with Crippen molar-refractivity contribution in [2.24, 2.45) is 5.73 Å². The number of hydrogen-bond acceptors (Lipinski definition) is 7. The van der Waals surface area contributed by atoms with Crippen molar-refractivity contribution >= 4 is 38.4 Å². The average molecular weight is 381 g/mol. The number of rotatable bonds is 5. The first-order valence-corrected chi connectivity index (χ1v) is 8.79. The summed E-state index contributed by atoms with van der Waals surface area (Å²) in [6.07, 6.45) is 1.67. The van der Waals surface area contributed by atoms with Crippen molar-refractivity contribution < 1.29 is 19.0 Å². The van der Waals surface area contributed by atoms with Crippen LogP contribution in [0.4, 0.5) is 0 Å². The third-order valence-electron chi connectivity index (χ3n) is 4.01. The van der Waals surface area contributed by atoms with Crippen LogP contribution in [0.1, 0.15) is 9.80 Å². The molecule has 0 aliphatic heterocycles. The van der Waals surface area contributed by atoms with E-state index in [0.717, 1.165) is 15.6 Å². The molecule has 0 unspecified atom stereocenters. The van der Waals surface area contributed by atoms with Crippen molar-refractivity contribution in [1.29, 1.82) is 0 Å². The lowest BCUT2D eigenvalue weighted by molar-refractivity contribution is 0.1000. The Balaban J connectivity index is 1.76. The summed E-state index contributed by atoms with van der Waals surface area (Å²) < 4.78 is 17.6. The number of benzene rings is 2. The Hall–Kier alpha value is -3.39. The van der Waals surface area contributed by atoms with Gasteiger partial charge in [0, 0.05) is 23.7 Å². The summed E-state index contributed by atoms with van der Waals surface area (Å²) >= 11 is 1.23. The maximum absolute atomic E-state index is 11.3. The lowest BCUT2D eigenvalue weighted by Crippen LogP contribution is -2.09. The minimum atomic E-state index is -0.542. The second kappa shape index (κ2) is 6.73. The molecule has 0 saturated heterocycles. The third kappa shape index (κ3) is 3.11. The van der Waals surface area contributed by atoms with Crippen molar-refractivity contribution in [2.45, 2.75) is 0 Å². The van der Waals surface area contributed by atoms with Gasteiger partial charge in [0.25, 0.3) is 5.91 Å². The number of nitrogens with two attached hydrogens (primary N) is 1. The van der Waals surface area contributed by atoms with Crippen molar-refractivity contribution in [2.75, 3.05) is 14.2 Å². The van der Waals surface area contributed by atoms with Crippen molar-refractivity contribution in [3.63, 3.8) is 0 Å². The van der Waals surface area contributed by atoms with Gasteiger partial charge >= 0.3 is 0 Å². The van der Waals surface area contributed by atoms with E-state index in [1.54, 1.807) is 44.7 Å². The molecule has 0 bridgehead atoms. The van der Waals surface area contributed by atoms with Crippen molar-refractivity contribution in [3.05, 3.63) is 47.6 Å². The number of ether oxygens (including phenoxy) is 3. The third-order valence-corrected chi connectivity index (χ3v) is 5.04. The highest BCUT2D eigenvalue weighted by Crippen LogP contribution is 2.37. The molecule has 0 spiro atoms. The molecule has 136 valence electrons. The molecule has 2 heterocycles. The highest BCUT2D eigenvalue weighted by atomic mass is 32.1. The Kier molecular flexibility index (Phi) is 4.25. The molecular weight excluding hydrogens is 366 g/mol. The average Bonchev–Trinajstić information content (AvgIpc) is 3.11. The van der Waals surface area contributed by atoms with E-state index in [-0.39, 0.29) is 5.01 Å². The second-order valence-electron chi connectivity index (χ2n) is 5.65. The Bertz CT molecular complexity index is 1170. The highest BCUT2D eigenvalue weighted by Gasteiger charge is 2.13. The normalized spacial score (nSPS) is 10.9. The summed E-state index contributed by atoms with van der Waals surface area (Å²) in [7, 11) is 3.16. The zero-order valence-corrected chi connectivity index (χ0v) is 15.4.